The average Bonchev–Trinajstić information content (AvgIpc) is 3.26. The summed E-state index contributed by atoms with van der Waals surface area (Å²) < 4.78 is 0. The standard InChI is InChI=1S/C22H28N2OS2/c25-21(23-22-10-16-7-17(11-22)9-18(8-16)12-22)15-24(13-19-3-1-5-26-19)14-20-4-2-6-27-20/h1-6,16-18H,7-15H2,(H,23,25)/p+1. The van der Waals surface area contributed by atoms with E-state index in [1.54, 1.807) is 22.7 Å². The van der Waals surface area contributed by atoms with Gasteiger partial charge in [0.2, 0.25) is 0 Å². The molecule has 4 fully saturated rings. The summed E-state index contributed by atoms with van der Waals surface area (Å²) in [6.07, 6.45) is 7.96. The van der Waals surface area contributed by atoms with Crippen LogP contribution < -0.4 is 10.2 Å². The van der Waals surface area contributed by atoms with Crippen molar-refractivity contribution in [1.29, 1.82) is 0 Å². The lowest BCUT2D eigenvalue weighted by atomic mass is 9.53. The fourth-order valence-corrected chi connectivity index (χ4v) is 7.89. The van der Waals surface area contributed by atoms with Gasteiger partial charge in [-0.3, -0.25) is 4.79 Å². The number of nitrogens with one attached hydrogen (secondary N) is 2. The third-order valence-corrected chi connectivity index (χ3v) is 8.61. The Morgan fingerprint density at radius 1 is 0.963 bits per heavy atom. The van der Waals surface area contributed by atoms with Crippen LogP contribution in [0.4, 0.5) is 0 Å². The van der Waals surface area contributed by atoms with Gasteiger partial charge < -0.3 is 10.2 Å². The highest BCUT2D eigenvalue weighted by Gasteiger charge is 2.51. The van der Waals surface area contributed by atoms with E-state index in [0.29, 0.717) is 6.54 Å². The molecule has 2 heterocycles. The van der Waals surface area contributed by atoms with E-state index in [1.807, 2.05) is 0 Å². The van der Waals surface area contributed by atoms with E-state index in [0.717, 1.165) is 30.8 Å². The van der Waals surface area contributed by atoms with Gasteiger partial charge in [0.05, 0.1) is 9.75 Å². The van der Waals surface area contributed by atoms with Gasteiger partial charge in [0.25, 0.3) is 5.91 Å². The van der Waals surface area contributed by atoms with Crippen molar-refractivity contribution in [3.8, 4) is 0 Å². The van der Waals surface area contributed by atoms with Crippen molar-refractivity contribution in [3.63, 3.8) is 0 Å². The molecule has 0 spiro atoms. The summed E-state index contributed by atoms with van der Waals surface area (Å²) in [5.41, 5.74) is 0.128. The van der Waals surface area contributed by atoms with Gasteiger partial charge in [-0.05, 0) is 79.2 Å². The van der Waals surface area contributed by atoms with Crippen LogP contribution in [0.15, 0.2) is 35.0 Å². The Hall–Kier alpha value is -1.17. The number of rotatable bonds is 7. The molecule has 0 radical (unpaired) electrons. The first-order valence-corrected chi connectivity index (χ1v) is 12.1. The quantitative estimate of drug-likeness (QED) is 0.732. The summed E-state index contributed by atoms with van der Waals surface area (Å²) >= 11 is 3.59. The Bertz CT molecular complexity index is 697. The van der Waals surface area contributed by atoms with Crippen molar-refractivity contribution in [2.75, 3.05) is 6.54 Å². The normalized spacial score (nSPS) is 31.5. The van der Waals surface area contributed by atoms with E-state index in [1.165, 1.54) is 53.2 Å². The summed E-state index contributed by atoms with van der Waals surface area (Å²) in [7, 11) is 0. The van der Waals surface area contributed by atoms with Crippen LogP contribution in [-0.4, -0.2) is 18.0 Å². The van der Waals surface area contributed by atoms with Crippen LogP contribution in [0.25, 0.3) is 0 Å². The predicted octanol–water partition coefficient (Wildman–Crippen LogP) is 3.48. The van der Waals surface area contributed by atoms with Crippen LogP contribution in [0.2, 0.25) is 0 Å². The third kappa shape index (κ3) is 4.01. The monoisotopic (exact) mass is 401 g/mol. The number of quaternary nitrogens is 1. The maximum absolute atomic E-state index is 13.1. The molecule has 4 aliphatic rings. The summed E-state index contributed by atoms with van der Waals surface area (Å²) in [6.45, 7) is 2.45. The van der Waals surface area contributed by atoms with Gasteiger partial charge in [-0.25, -0.2) is 0 Å². The van der Waals surface area contributed by atoms with Crippen molar-refractivity contribution >= 4 is 28.6 Å². The average molecular weight is 402 g/mol. The topological polar surface area (TPSA) is 33.5 Å². The number of thiophene rings is 2. The van der Waals surface area contributed by atoms with E-state index >= 15 is 0 Å². The van der Waals surface area contributed by atoms with Gasteiger partial charge in [-0.2, -0.15) is 0 Å². The third-order valence-electron chi connectivity index (χ3n) is 6.86. The van der Waals surface area contributed by atoms with Crippen molar-refractivity contribution < 1.29 is 9.69 Å². The highest BCUT2D eigenvalue weighted by atomic mass is 32.1. The van der Waals surface area contributed by atoms with Gasteiger partial charge >= 0.3 is 0 Å². The van der Waals surface area contributed by atoms with Crippen LogP contribution >= 0.6 is 22.7 Å². The lowest BCUT2D eigenvalue weighted by molar-refractivity contribution is -0.919. The Kier molecular flexibility index (Phi) is 4.87. The molecular weight excluding hydrogens is 372 g/mol. The molecule has 0 unspecified atom stereocenters. The summed E-state index contributed by atoms with van der Waals surface area (Å²) in [4.78, 5) is 17.1. The van der Waals surface area contributed by atoms with Gasteiger partial charge in [0.15, 0.2) is 6.54 Å². The maximum atomic E-state index is 13.1. The van der Waals surface area contributed by atoms with E-state index in [-0.39, 0.29) is 11.4 Å². The Balaban J connectivity index is 1.25. The van der Waals surface area contributed by atoms with E-state index in [4.69, 9.17) is 0 Å². The Labute approximate surface area is 169 Å². The minimum atomic E-state index is 0.128. The Morgan fingerprint density at radius 3 is 1.93 bits per heavy atom. The molecule has 0 saturated heterocycles. The molecule has 6 rings (SSSR count). The second-order valence-corrected chi connectivity index (χ2v) is 11.2. The van der Waals surface area contributed by atoms with Crippen molar-refractivity contribution in [2.45, 2.75) is 57.2 Å². The number of carbonyl (C=O) groups is 1. The SMILES string of the molecule is O=C(C[NH+](Cc1cccs1)Cc1cccs1)NC12CC3CC(CC(C3)C1)C2. The van der Waals surface area contributed by atoms with E-state index in [9.17, 15) is 4.79 Å². The molecule has 2 N–H and O–H groups in total. The maximum Gasteiger partial charge on any atom is 0.275 e. The van der Waals surface area contributed by atoms with Crippen molar-refractivity contribution in [2.24, 2.45) is 17.8 Å². The van der Waals surface area contributed by atoms with E-state index in [2.05, 4.69) is 40.3 Å². The first-order valence-electron chi connectivity index (χ1n) is 10.4. The van der Waals surface area contributed by atoms with Crippen molar-refractivity contribution in [3.05, 3.63) is 44.8 Å². The van der Waals surface area contributed by atoms with Crippen LogP contribution in [0.1, 0.15) is 48.3 Å². The number of carbonyl (C=O) groups excluding carboxylic acids is 1. The molecule has 3 nitrogen and oxygen atoms in total. The first-order chi connectivity index (χ1) is 13.2. The van der Waals surface area contributed by atoms with Gasteiger partial charge in [0, 0.05) is 5.54 Å². The zero-order chi connectivity index (χ0) is 18.3. The second kappa shape index (κ2) is 7.34. The van der Waals surface area contributed by atoms with E-state index < -0.39 is 0 Å². The Morgan fingerprint density at radius 2 is 1.48 bits per heavy atom. The van der Waals surface area contributed by atoms with Crippen LogP contribution in [0.5, 0.6) is 0 Å². The molecule has 4 saturated carbocycles. The van der Waals surface area contributed by atoms with Gasteiger partial charge in [-0.1, -0.05) is 12.1 Å². The predicted molar refractivity (Wildman–Crippen MR) is 111 cm³/mol. The number of hydrogen-bond donors (Lipinski definition) is 2. The molecule has 4 bridgehead atoms. The zero-order valence-electron chi connectivity index (χ0n) is 15.8. The minimum absolute atomic E-state index is 0.128. The van der Waals surface area contributed by atoms with Gasteiger partial charge in [0.1, 0.15) is 13.1 Å². The molecule has 4 aliphatic carbocycles. The molecule has 2 aromatic heterocycles. The summed E-state index contributed by atoms with van der Waals surface area (Å²) in [5.74, 6) is 2.88. The largest absolute Gasteiger partial charge is 0.346 e. The molecule has 144 valence electrons. The molecular formula is C22H29N2OS2+. The fraction of sp³-hybridized carbons (Fsp3) is 0.591. The molecule has 2 aromatic rings. The highest BCUT2D eigenvalue weighted by molar-refractivity contribution is 7.10. The highest BCUT2D eigenvalue weighted by Crippen LogP contribution is 2.55. The van der Waals surface area contributed by atoms with Crippen LogP contribution in [-0.2, 0) is 17.9 Å². The molecule has 1 amide bonds. The second-order valence-electron chi connectivity index (χ2n) is 9.19. The zero-order valence-corrected chi connectivity index (χ0v) is 17.4. The minimum Gasteiger partial charge on any atom is -0.346 e. The molecule has 0 aliphatic heterocycles. The van der Waals surface area contributed by atoms with Gasteiger partial charge in [-0.15, -0.1) is 22.7 Å². The van der Waals surface area contributed by atoms with Crippen LogP contribution in [0, 0.1) is 17.8 Å². The van der Waals surface area contributed by atoms with Crippen molar-refractivity contribution in [1.82, 2.24) is 5.32 Å². The molecule has 27 heavy (non-hydrogen) atoms. The molecule has 0 atom stereocenters. The summed E-state index contributed by atoms with van der Waals surface area (Å²) in [6, 6.07) is 8.60. The molecule has 5 heteroatoms. The number of amides is 1. The summed E-state index contributed by atoms with van der Waals surface area (Å²) in [5, 5.41) is 7.83. The number of hydrogen-bond acceptors (Lipinski definition) is 3. The lowest BCUT2D eigenvalue weighted by Gasteiger charge is -2.56. The smallest absolute Gasteiger partial charge is 0.275 e. The first kappa shape index (κ1) is 17.9. The van der Waals surface area contributed by atoms with Crippen LogP contribution in [0.3, 0.4) is 0 Å². The fourth-order valence-electron chi connectivity index (χ4n) is 6.34. The lowest BCUT2D eigenvalue weighted by Crippen LogP contribution is -3.10. The molecule has 0 aromatic carbocycles.